The highest BCUT2D eigenvalue weighted by molar-refractivity contribution is 9.10. The molecule has 3 rings (SSSR count). The summed E-state index contributed by atoms with van der Waals surface area (Å²) in [6, 6.07) is 16.5. The van der Waals surface area contributed by atoms with Crippen molar-refractivity contribution in [3.05, 3.63) is 82.1 Å². The molecule has 2 amide bonds. The van der Waals surface area contributed by atoms with Crippen molar-refractivity contribution in [2.45, 2.75) is 0 Å². The number of carbonyl (C=O) groups excluding carboxylic acids is 2. The molecule has 0 aromatic heterocycles. The average Bonchev–Trinajstić information content (AvgIpc) is 2.84. The summed E-state index contributed by atoms with van der Waals surface area (Å²) in [6.07, 6.45) is 1.36. The van der Waals surface area contributed by atoms with Crippen LogP contribution in [0.25, 0.3) is 6.08 Å². The second-order valence-corrected chi connectivity index (χ2v) is 7.88. The third-order valence-electron chi connectivity index (χ3n) is 4.55. The van der Waals surface area contributed by atoms with Gasteiger partial charge in [-0.25, -0.2) is 4.39 Å². The Kier molecular flexibility index (Phi) is 8.43. The number of nitriles is 1. The number of nitrogens with one attached hydrogen (secondary N) is 2. The molecule has 3 aromatic carbocycles. The SMILES string of the molecule is COc1cc(/C=C(\C#N)C(=O)Nc2ccc(O)cc2)cc(Br)c1OCC(=O)Nc1ccccc1F. The number of phenolic OH excluding ortho intramolecular Hbond substituents is 1. The van der Waals surface area contributed by atoms with E-state index >= 15 is 0 Å². The number of carbonyl (C=O) groups is 2. The molecule has 35 heavy (non-hydrogen) atoms. The average molecular weight is 540 g/mol. The number of methoxy groups -OCH3 is 1. The fraction of sp³-hybridized carbons (Fsp3) is 0.0800. The highest BCUT2D eigenvalue weighted by atomic mass is 79.9. The number of amides is 2. The van der Waals surface area contributed by atoms with E-state index in [9.17, 15) is 24.3 Å². The van der Waals surface area contributed by atoms with Crippen molar-refractivity contribution >= 4 is 45.2 Å². The predicted octanol–water partition coefficient (Wildman–Crippen LogP) is 4.87. The molecule has 0 radical (unpaired) electrons. The maximum Gasteiger partial charge on any atom is 0.266 e. The summed E-state index contributed by atoms with van der Waals surface area (Å²) in [6.45, 7) is -0.420. The molecule has 3 aromatic rings. The third kappa shape index (κ3) is 6.82. The van der Waals surface area contributed by atoms with E-state index in [1.54, 1.807) is 12.1 Å². The fourth-order valence-electron chi connectivity index (χ4n) is 2.91. The quantitative estimate of drug-likeness (QED) is 0.213. The summed E-state index contributed by atoms with van der Waals surface area (Å²) in [7, 11) is 1.39. The molecule has 0 aliphatic rings. The van der Waals surface area contributed by atoms with Crippen LogP contribution in [0.2, 0.25) is 0 Å². The van der Waals surface area contributed by atoms with E-state index in [1.165, 1.54) is 61.7 Å². The molecule has 0 aliphatic heterocycles. The van der Waals surface area contributed by atoms with Crippen molar-refractivity contribution < 1.29 is 28.6 Å². The minimum Gasteiger partial charge on any atom is -0.508 e. The number of nitrogens with zero attached hydrogens (tertiary/aromatic N) is 1. The Bertz CT molecular complexity index is 1320. The van der Waals surface area contributed by atoms with Crippen LogP contribution in [0, 0.1) is 17.1 Å². The zero-order chi connectivity index (χ0) is 25.4. The van der Waals surface area contributed by atoms with Gasteiger partial charge in [-0.05, 0) is 76.1 Å². The monoisotopic (exact) mass is 539 g/mol. The Morgan fingerprint density at radius 1 is 1.14 bits per heavy atom. The lowest BCUT2D eigenvalue weighted by Gasteiger charge is -2.14. The van der Waals surface area contributed by atoms with E-state index in [0.717, 1.165) is 0 Å². The Morgan fingerprint density at radius 2 is 1.86 bits per heavy atom. The maximum atomic E-state index is 13.7. The molecule has 0 fully saturated rings. The minimum absolute atomic E-state index is 0.0298. The standard InChI is InChI=1S/C25H19BrFN3O5/c1-34-22-12-15(10-16(13-28)25(33)29-17-6-8-18(31)9-7-17)11-19(26)24(22)35-14-23(32)30-21-5-3-2-4-20(21)27/h2-12,31H,14H2,1H3,(H,29,33)(H,30,32)/b16-10+. The summed E-state index contributed by atoms with van der Waals surface area (Å²) in [4.78, 5) is 24.7. The predicted molar refractivity (Wildman–Crippen MR) is 132 cm³/mol. The lowest BCUT2D eigenvalue weighted by atomic mass is 10.1. The first-order chi connectivity index (χ1) is 16.8. The lowest BCUT2D eigenvalue weighted by molar-refractivity contribution is -0.118. The van der Waals surface area contributed by atoms with Crippen molar-refractivity contribution in [3.63, 3.8) is 0 Å². The number of anilines is 2. The molecule has 178 valence electrons. The van der Waals surface area contributed by atoms with Gasteiger partial charge < -0.3 is 25.2 Å². The molecule has 0 spiro atoms. The van der Waals surface area contributed by atoms with Crippen molar-refractivity contribution in [1.82, 2.24) is 0 Å². The first-order valence-corrected chi connectivity index (χ1v) is 10.9. The van der Waals surface area contributed by atoms with E-state index in [4.69, 9.17) is 9.47 Å². The number of para-hydroxylation sites is 1. The molecule has 0 aliphatic carbocycles. The molecule has 0 unspecified atom stereocenters. The van der Waals surface area contributed by atoms with Crippen LogP contribution in [0.4, 0.5) is 15.8 Å². The molecule has 3 N–H and O–H groups in total. The zero-order valence-electron chi connectivity index (χ0n) is 18.3. The van der Waals surface area contributed by atoms with Crippen LogP contribution < -0.4 is 20.1 Å². The van der Waals surface area contributed by atoms with E-state index in [0.29, 0.717) is 15.7 Å². The van der Waals surface area contributed by atoms with E-state index < -0.39 is 24.2 Å². The highest BCUT2D eigenvalue weighted by Gasteiger charge is 2.16. The second kappa shape index (κ2) is 11.7. The minimum atomic E-state index is -0.640. The topological polar surface area (TPSA) is 121 Å². The van der Waals surface area contributed by atoms with Gasteiger partial charge in [0.15, 0.2) is 18.1 Å². The van der Waals surface area contributed by atoms with E-state index in [-0.39, 0.29) is 28.5 Å². The van der Waals surface area contributed by atoms with Gasteiger partial charge in [-0.15, -0.1) is 0 Å². The van der Waals surface area contributed by atoms with Gasteiger partial charge in [0.1, 0.15) is 23.2 Å². The summed E-state index contributed by atoms with van der Waals surface area (Å²) in [5, 5.41) is 23.8. The summed E-state index contributed by atoms with van der Waals surface area (Å²) < 4.78 is 25.0. The fourth-order valence-corrected chi connectivity index (χ4v) is 3.48. The van der Waals surface area contributed by atoms with Crippen LogP contribution in [-0.4, -0.2) is 30.6 Å². The number of hydrogen-bond donors (Lipinski definition) is 3. The number of ether oxygens (including phenoxy) is 2. The Labute approximate surface area is 208 Å². The first kappa shape index (κ1) is 25.3. The van der Waals surface area contributed by atoms with Crippen LogP contribution in [0.1, 0.15) is 5.56 Å². The van der Waals surface area contributed by atoms with Gasteiger partial charge in [-0.3, -0.25) is 9.59 Å². The normalized spacial score (nSPS) is 10.7. The molecule has 10 heteroatoms. The molecule has 0 bridgehead atoms. The molecule has 0 heterocycles. The van der Waals surface area contributed by atoms with Gasteiger partial charge in [0.05, 0.1) is 17.3 Å². The van der Waals surface area contributed by atoms with Gasteiger partial charge >= 0.3 is 0 Å². The summed E-state index contributed by atoms with van der Waals surface area (Å²) >= 11 is 3.34. The van der Waals surface area contributed by atoms with Gasteiger partial charge in [-0.2, -0.15) is 5.26 Å². The molecule has 0 saturated heterocycles. The molecular weight excluding hydrogens is 521 g/mol. The maximum absolute atomic E-state index is 13.7. The van der Waals surface area contributed by atoms with Crippen molar-refractivity contribution in [3.8, 4) is 23.3 Å². The Hall–Kier alpha value is -4.36. The van der Waals surface area contributed by atoms with E-state index in [2.05, 4.69) is 26.6 Å². The number of phenols is 1. The number of rotatable bonds is 8. The molecule has 0 atom stereocenters. The largest absolute Gasteiger partial charge is 0.508 e. The molecule has 0 saturated carbocycles. The van der Waals surface area contributed by atoms with Crippen molar-refractivity contribution in [2.24, 2.45) is 0 Å². The number of benzene rings is 3. The van der Waals surface area contributed by atoms with Crippen LogP contribution in [0.15, 0.2) is 70.7 Å². The van der Waals surface area contributed by atoms with Crippen molar-refractivity contribution in [2.75, 3.05) is 24.4 Å². The third-order valence-corrected chi connectivity index (χ3v) is 5.14. The number of aromatic hydroxyl groups is 1. The van der Waals surface area contributed by atoms with Gasteiger partial charge in [0.2, 0.25) is 0 Å². The van der Waals surface area contributed by atoms with Crippen LogP contribution in [0.5, 0.6) is 17.2 Å². The Morgan fingerprint density at radius 3 is 2.51 bits per heavy atom. The van der Waals surface area contributed by atoms with Crippen molar-refractivity contribution in [1.29, 1.82) is 5.26 Å². The smallest absolute Gasteiger partial charge is 0.266 e. The summed E-state index contributed by atoms with van der Waals surface area (Å²) in [5.74, 6) is -1.30. The lowest BCUT2D eigenvalue weighted by Crippen LogP contribution is -2.21. The Balaban J connectivity index is 1.74. The van der Waals surface area contributed by atoms with Gasteiger partial charge in [0, 0.05) is 5.69 Å². The van der Waals surface area contributed by atoms with E-state index in [1.807, 2.05) is 6.07 Å². The number of halogens is 2. The highest BCUT2D eigenvalue weighted by Crippen LogP contribution is 2.37. The van der Waals surface area contributed by atoms with Crippen LogP contribution in [0.3, 0.4) is 0 Å². The first-order valence-electron chi connectivity index (χ1n) is 10.1. The van der Waals surface area contributed by atoms with Gasteiger partial charge in [0.25, 0.3) is 11.8 Å². The molecule has 8 nitrogen and oxygen atoms in total. The summed E-state index contributed by atoms with van der Waals surface area (Å²) in [5.41, 5.74) is 0.714. The van der Waals surface area contributed by atoms with Gasteiger partial charge in [-0.1, -0.05) is 12.1 Å². The zero-order valence-corrected chi connectivity index (χ0v) is 19.9. The van der Waals surface area contributed by atoms with Crippen LogP contribution in [-0.2, 0) is 9.59 Å². The number of hydrogen-bond acceptors (Lipinski definition) is 6. The molecular formula is C25H19BrFN3O5. The second-order valence-electron chi connectivity index (χ2n) is 7.02. The van der Waals surface area contributed by atoms with Crippen LogP contribution >= 0.6 is 15.9 Å².